The Bertz CT molecular complexity index is 1180. The number of carbonyl (C=O) groups is 2. The minimum absolute atomic E-state index is 0.0155. The van der Waals surface area contributed by atoms with E-state index in [2.05, 4.69) is 27.0 Å². The molecule has 0 fully saturated rings. The molecule has 10 heteroatoms. The molecule has 0 spiro atoms. The molecule has 4 atom stereocenters. The summed E-state index contributed by atoms with van der Waals surface area (Å²) in [5.74, 6) is 0.245. The van der Waals surface area contributed by atoms with Crippen LogP contribution in [0.3, 0.4) is 0 Å². The number of rotatable bonds is 20. The summed E-state index contributed by atoms with van der Waals surface area (Å²) in [5, 5.41) is 20.1. The Balaban J connectivity index is 1.99. The van der Waals surface area contributed by atoms with Crippen molar-refractivity contribution in [1.29, 1.82) is 0 Å². The van der Waals surface area contributed by atoms with E-state index in [1.807, 2.05) is 62.4 Å². The summed E-state index contributed by atoms with van der Waals surface area (Å²) in [6.45, 7) is 18.0. The van der Waals surface area contributed by atoms with Gasteiger partial charge in [-0.3, -0.25) is 0 Å². The maximum Gasteiger partial charge on any atom is 0.333 e. The Morgan fingerprint density at radius 3 is 1.38 bits per heavy atom. The lowest BCUT2D eigenvalue weighted by atomic mass is 9.77. The molecule has 2 aromatic rings. The Morgan fingerprint density at radius 2 is 1.02 bits per heavy atom. The van der Waals surface area contributed by atoms with Crippen LogP contribution < -0.4 is 9.47 Å². The second-order valence-corrected chi connectivity index (χ2v) is 11.6. The number of para-hydroxylation sites is 2. The monoisotopic (exact) mass is 628 g/mol. The maximum absolute atomic E-state index is 11.5. The second kappa shape index (κ2) is 18.3. The van der Waals surface area contributed by atoms with Crippen LogP contribution in [0.2, 0.25) is 0 Å². The molecule has 2 rings (SSSR count). The first kappa shape index (κ1) is 37.5. The molecule has 0 saturated heterocycles. The van der Waals surface area contributed by atoms with E-state index in [4.69, 9.17) is 28.4 Å². The van der Waals surface area contributed by atoms with Gasteiger partial charge in [-0.15, -0.1) is 0 Å². The third kappa shape index (κ3) is 12.7. The molecule has 0 saturated carbocycles. The van der Waals surface area contributed by atoms with E-state index in [0.717, 1.165) is 11.1 Å². The number of hydrogen-bond acceptors (Lipinski definition) is 10. The van der Waals surface area contributed by atoms with Crippen molar-refractivity contribution in [3.8, 4) is 11.5 Å². The fourth-order valence-electron chi connectivity index (χ4n) is 4.24. The highest BCUT2D eigenvalue weighted by atomic mass is 16.6. The van der Waals surface area contributed by atoms with Gasteiger partial charge < -0.3 is 38.6 Å². The SMILES string of the molecule is C=C(C)C(=O)OCC(O)COCC(C)Oc1ccccc1C(C)(C)c1ccccc1OC(C)COCC(O)COC(=O)C(=C)C. The fourth-order valence-corrected chi connectivity index (χ4v) is 4.24. The first-order valence-electron chi connectivity index (χ1n) is 14.9. The van der Waals surface area contributed by atoms with Crippen molar-refractivity contribution < 1.29 is 48.2 Å². The minimum Gasteiger partial charge on any atom is -0.488 e. The van der Waals surface area contributed by atoms with Crippen molar-refractivity contribution in [2.75, 3.05) is 39.6 Å². The molecule has 0 heterocycles. The number of hydrogen-bond donors (Lipinski definition) is 2. The van der Waals surface area contributed by atoms with E-state index >= 15 is 0 Å². The Labute approximate surface area is 266 Å². The van der Waals surface area contributed by atoms with Gasteiger partial charge in [0.05, 0.1) is 26.4 Å². The van der Waals surface area contributed by atoms with Crippen LogP contribution in [0.25, 0.3) is 0 Å². The van der Waals surface area contributed by atoms with Crippen LogP contribution in [-0.4, -0.2) is 86.2 Å². The number of ether oxygens (including phenoxy) is 6. The average molecular weight is 629 g/mol. The summed E-state index contributed by atoms with van der Waals surface area (Å²) < 4.78 is 33.7. The predicted octanol–water partition coefficient (Wildman–Crippen LogP) is 4.54. The van der Waals surface area contributed by atoms with Crippen molar-refractivity contribution in [2.24, 2.45) is 0 Å². The summed E-state index contributed by atoms with van der Waals surface area (Å²) in [5.41, 5.74) is 1.88. The molecule has 2 aromatic carbocycles. The summed E-state index contributed by atoms with van der Waals surface area (Å²) in [6, 6.07) is 15.5. The lowest BCUT2D eigenvalue weighted by molar-refractivity contribution is -0.144. The van der Waals surface area contributed by atoms with Gasteiger partial charge in [0.25, 0.3) is 0 Å². The van der Waals surface area contributed by atoms with E-state index in [1.165, 1.54) is 13.8 Å². The number of aliphatic hydroxyl groups is 2. The highest BCUT2D eigenvalue weighted by Gasteiger charge is 2.30. The van der Waals surface area contributed by atoms with Gasteiger partial charge >= 0.3 is 11.9 Å². The molecule has 0 bridgehead atoms. The molecule has 0 amide bonds. The molecule has 10 nitrogen and oxygen atoms in total. The van der Waals surface area contributed by atoms with Crippen molar-refractivity contribution in [1.82, 2.24) is 0 Å². The van der Waals surface area contributed by atoms with E-state index in [1.54, 1.807) is 0 Å². The van der Waals surface area contributed by atoms with Crippen LogP contribution in [-0.2, 0) is 34.0 Å². The largest absolute Gasteiger partial charge is 0.488 e. The summed E-state index contributed by atoms with van der Waals surface area (Å²) >= 11 is 0. The molecule has 0 aliphatic rings. The van der Waals surface area contributed by atoms with Gasteiger partial charge in [0.2, 0.25) is 0 Å². The molecular formula is C35H48O10. The Kier molecular flexibility index (Phi) is 15.3. The predicted molar refractivity (Wildman–Crippen MR) is 170 cm³/mol. The molecule has 2 N–H and O–H groups in total. The van der Waals surface area contributed by atoms with Crippen molar-refractivity contribution in [2.45, 2.75) is 71.4 Å². The standard InChI is InChI=1S/C35H48O10/c1-23(2)33(38)42-21-27(36)19-40-17-25(5)44-31-15-11-9-13-29(31)35(7,8)30-14-10-12-16-32(30)45-26(6)18-41-20-28(37)22-43-34(39)24(3)4/h9-16,25-28,36-37H,1,3,17-22H2,2,4-8H3. The third-order valence-corrected chi connectivity index (χ3v) is 6.61. The number of benzene rings is 2. The first-order valence-corrected chi connectivity index (χ1v) is 14.9. The molecule has 248 valence electrons. The van der Waals surface area contributed by atoms with Gasteiger partial charge in [-0.2, -0.15) is 0 Å². The number of carbonyl (C=O) groups excluding carboxylic acids is 2. The second-order valence-electron chi connectivity index (χ2n) is 11.6. The summed E-state index contributed by atoms with van der Waals surface area (Å²) in [7, 11) is 0. The van der Waals surface area contributed by atoms with Gasteiger partial charge in [0, 0.05) is 27.7 Å². The molecule has 0 aliphatic carbocycles. The van der Waals surface area contributed by atoms with E-state index in [0.29, 0.717) is 11.5 Å². The van der Waals surface area contributed by atoms with Crippen LogP contribution in [0.4, 0.5) is 0 Å². The topological polar surface area (TPSA) is 130 Å². The third-order valence-electron chi connectivity index (χ3n) is 6.61. The maximum atomic E-state index is 11.5. The van der Waals surface area contributed by atoms with Gasteiger partial charge in [0.1, 0.15) is 49.1 Å². The zero-order valence-corrected chi connectivity index (χ0v) is 27.2. The zero-order valence-electron chi connectivity index (χ0n) is 27.2. The molecule has 45 heavy (non-hydrogen) atoms. The zero-order chi connectivity index (χ0) is 33.6. The van der Waals surface area contributed by atoms with E-state index in [9.17, 15) is 19.8 Å². The molecule has 0 radical (unpaired) electrons. The summed E-state index contributed by atoms with van der Waals surface area (Å²) in [6.07, 6.45) is -2.61. The molecule has 0 aliphatic heterocycles. The van der Waals surface area contributed by atoms with Crippen molar-refractivity contribution >= 4 is 11.9 Å². The van der Waals surface area contributed by atoms with Crippen LogP contribution in [0, 0.1) is 0 Å². The normalized spacial score (nSPS) is 14.0. The van der Waals surface area contributed by atoms with Crippen LogP contribution >= 0.6 is 0 Å². The molecule has 4 unspecified atom stereocenters. The average Bonchev–Trinajstić information content (AvgIpc) is 2.98. The highest BCUT2D eigenvalue weighted by molar-refractivity contribution is 5.87. The van der Waals surface area contributed by atoms with Crippen molar-refractivity contribution in [3.05, 3.63) is 84.0 Å². The number of aliphatic hydroxyl groups excluding tert-OH is 2. The van der Waals surface area contributed by atoms with E-state index < -0.39 is 29.6 Å². The summed E-state index contributed by atoms with van der Waals surface area (Å²) in [4.78, 5) is 23.0. The Hall–Kier alpha value is -3.70. The lowest BCUT2D eigenvalue weighted by Crippen LogP contribution is -2.29. The number of esters is 2. The first-order chi connectivity index (χ1) is 21.2. The van der Waals surface area contributed by atoms with Crippen molar-refractivity contribution in [3.63, 3.8) is 0 Å². The minimum atomic E-state index is -0.965. The molecular weight excluding hydrogens is 580 g/mol. The van der Waals surface area contributed by atoms with Crippen LogP contribution in [0.15, 0.2) is 72.8 Å². The van der Waals surface area contributed by atoms with Crippen LogP contribution in [0.1, 0.15) is 52.7 Å². The van der Waals surface area contributed by atoms with Gasteiger partial charge in [-0.05, 0) is 39.8 Å². The molecule has 0 aromatic heterocycles. The Morgan fingerprint density at radius 1 is 0.667 bits per heavy atom. The van der Waals surface area contributed by atoms with Gasteiger partial charge in [0.15, 0.2) is 0 Å². The highest BCUT2D eigenvalue weighted by Crippen LogP contribution is 2.41. The van der Waals surface area contributed by atoms with Crippen LogP contribution in [0.5, 0.6) is 11.5 Å². The van der Waals surface area contributed by atoms with Gasteiger partial charge in [-0.1, -0.05) is 63.4 Å². The smallest absolute Gasteiger partial charge is 0.333 e. The lowest BCUT2D eigenvalue weighted by Gasteiger charge is -2.31. The van der Waals surface area contributed by atoms with E-state index in [-0.39, 0.29) is 63.0 Å². The fraction of sp³-hybridized carbons (Fsp3) is 0.486. The van der Waals surface area contributed by atoms with Gasteiger partial charge in [-0.25, -0.2) is 9.59 Å². The quantitative estimate of drug-likeness (QED) is 0.159.